The highest BCUT2D eigenvalue weighted by atomic mass is 35.5. The summed E-state index contributed by atoms with van der Waals surface area (Å²) >= 11 is 0. The number of hydrogen-bond donors (Lipinski definition) is 2. The minimum absolute atomic E-state index is 0. The molecule has 0 atom stereocenters. The van der Waals surface area contributed by atoms with Crippen LogP contribution in [-0.2, 0) is 4.79 Å². The van der Waals surface area contributed by atoms with E-state index in [1.54, 1.807) is 0 Å². The molecule has 24 heavy (non-hydrogen) atoms. The smallest absolute Gasteiger partial charge is 0.220 e. The molecule has 0 saturated carbocycles. The van der Waals surface area contributed by atoms with Gasteiger partial charge < -0.3 is 11.1 Å². The molecule has 3 N–H and O–H groups in total. The Hall–Kier alpha value is -1.84. The summed E-state index contributed by atoms with van der Waals surface area (Å²) in [7, 11) is 0. The third-order valence-electron chi connectivity index (χ3n) is 3.93. The number of rotatable bonds is 9. The number of amides is 1. The van der Waals surface area contributed by atoms with Gasteiger partial charge in [0.2, 0.25) is 5.91 Å². The Labute approximate surface area is 151 Å². The molecule has 0 aliphatic carbocycles. The Morgan fingerprint density at radius 2 is 1.33 bits per heavy atom. The van der Waals surface area contributed by atoms with E-state index < -0.39 is 0 Å². The van der Waals surface area contributed by atoms with Gasteiger partial charge in [0.05, 0.1) is 6.04 Å². The van der Waals surface area contributed by atoms with Gasteiger partial charge in [-0.25, -0.2) is 0 Å². The highest BCUT2D eigenvalue weighted by molar-refractivity contribution is 5.85. The molecule has 4 heteroatoms. The summed E-state index contributed by atoms with van der Waals surface area (Å²) < 4.78 is 0. The summed E-state index contributed by atoms with van der Waals surface area (Å²) in [5.74, 6) is 0.107. The predicted octanol–water partition coefficient (Wildman–Crippen LogP) is 4.22. The van der Waals surface area contributed by atoms with E-state index >= 15 is 0 Å². The molecule has 0 radical (unpaired) electrons. The summed E-state index contributed by atoms with van der Waals surface area (Å²) in [4.78, 5) is 12.3. The molecule has 2 rings (SSSR count). The van der Waals surface area contributed by atoms with E-state index in [1.807, 2.05) is 36.4 Å². The molecular weight excluding hydrogens is 320 g/mol. The van der Waals surface area contributed by atoms with Gasteiger partial charge in [-0.2, -0.15) is 0 Å². The molecule has 0 aliphatic heterocycles. The maximum atomic E-state index is 12.3. The fourth-order valence-corrected chi connectivity index (χ4v) is 2.67. The Balaban J connectivity index is 0.00000288. The highest BCUT2D eigenvalue weighted by Gasteiger charge is 2.16. The molecule has 3 nitrogen and oxygen atoms in total. The van der Waals surface area contributed by atoms with Crippen molar-refractivity contribution in [2.75, 3.05) is 6.54 Å². The van der Waals surface area contributed by atoms with Crippen LogP contribution in [-0.4, -0.2) is 12.5 Å². The number of halogens is 1. The molecule has 0 saturated heterocycles. The van der Waals surface area contributed by atoms with Crippen molar-refractivity contribution in [2.45, 2.75) is 38.1 Å². The Bertz CT molecular complexity index is 535. The number of benzene rings is 2. The van der Waals surface area contributed by atoms with Gasteiger partial charge in [-0.15, -0.1) is 12.4 Å². The standard InChI is InChI=1S/C20H26N2O.ClH/c21-16-10-2-1-9-15-19(23)22-20(17-11-5-3-6-12-17)18-13-7-4-8-14-18;/h3-8,11-14,20H,1-2,9-10,15-16,21H2,(H,22,23);1H. The highest BCUT2D eigenvalue weighted by Crippen LogP contribution is 2.22. The normalized spacial score (nSPS) is 10.2. The van der Waals surface area contributed by atoms with Gasteiger partial charge in [0.1, 0.15) is 0 Å². The molecule has 130 valence electrons. The van der Waals surface area contributed by atoms with Crippen molar-refractivity contribution in [1.29, 1.82) is 0 Å². The zero-order valence-corrected chi connectivity index (χ0v) is 14.8. The second-order valence-corrected chi connectivity index (χ2v) is 5.77. The van der Waals surface area contributed by atoms with Crippen molar-refractivity contribution < 1.29 is 4.79 Å². The topological polar surface area (TPSA) is 55.1 Å². The summed E-state index contributed by atoms with van der Waals surface area (Å²) in [6, 6.07) is 20.1. The maximum Gasteiger partial charge on any atom is 0.220 e. The molecule has 0 bridgehead atoms. The molecule has 0 unspecified atom stereocenters. The largest absolute Gasteiger partial charge is 0.345 e. The average Bonchev–Trinajstić information content (AvgIpc) is 2.61. The number of nitrogens with one attached hydrogen (secondary N) is 1. The van der Waals surface area contributed by atoms with Crippen molar-refractivity contribution in [3.63, 3.8) is 0 Å². The van der Waals surface area contributed by atoms with E-state index in [0.29, 0.717) is 6.42 Å². The second-order valence-electron chi connectivity index (χ2n) is 5.77. The quantitative estimate of drug-likeness (QED) is 0.668. The van der Waals surface area contributed by atoms with E-state index in [-0.39, 0.29) is 24.4 Å². The lowest BCUT2D eigenvalue weighted by Crippen LogP contribution is -2.29. The van der Waals surface area contributed by atoms with Crippen LogP contribution in [0.5, 0.6) is 0 Å². The molecule has 0 heterocycles. The lowest BCUT2D eigenvalue weighted by molar-refractivity contribution is -0.121. The van der Waals surface area contributed by atoms with Gasteiger partial charge >= 0.3 is 0 Å². The van der Waals surface area contributed by atoms with Gasteiger partial charge in [-0.05, 0) is 30.5 Å². The molecular formula is C20H27ClN2O. The summed E-state index contributed by atoms with van der Waals surface area (Å²) in [6.07, 6.45) is 4.69. The number of hydrogen-bond acceptors (Lipinski definition) is 2. The Morgan fingerprint density at radius 1 is 0.833 bits per heavy atom. The molecule has 2 aromatic carbocycles. The molecule has 1 amide bonds. The Kier molecular flexibility index (Phi) is 9.81. The van der Waals surface area contributed by atoms with E-state index in [0.717, 1.165) is 43.4 Å². The summed E-state index contributed by atoms with van der Waals surface area (Å²) in [5.41, 5.74) is 7.70. The van der Waals surface area contributed by atoms with Crippen LogP contribution in [0.15, 0.2) is 60.7 Å². The number of nitrogens with two attached hydrogens (primary N) is 1. The van der Waals surface area contributed by atoms with E-state index in [2.05, 4.69) is 29.6 Å². The first kappa shape index (κ1) is 20.2. The van der Waals surface area contributed by atoms with E-state index in [4.69, 9.17) is 5.73 Å². The summed E-state index contributed by atoms with van der Waals surface area (Å²) in [5, 5.41) is 3.18. The fourth-order valence-electron chi connectivity index (χ4n) is 2.67. The molecule has 2 aromatic rings. The van der Waals surface area contributed by atoms with Crippen molar-refractivity contribution in [3.8, 4) is 0 Å². The van der Waals surface area contributed by atoms with Crippen LogP contribution in [0.25, 0.3) is 0 Å². The van der Waals surface area contributed by atoms with Crippen LogP contribution in [0.3, 0.4) is 0 Å². The third kappa shape index (κ3) is 6.73. The number of carbonyl (C=O) groups excluding carboxylic acids is 1. The van der Waals surface area contributed by atoms with Crippen LogP contribution in [0.1, 0.15) is 49.3 Å². The molecule has 0 spiro atoms. The van der Waals surface area contributed by atoms with Crippen LogP contribution < -0.4 is 11.1 Å². The number of carbonyl (C=O) groups is 1. The van der Waals surface area contributed by atoms with Crippen LogP contribution in [0, 0.1) is 0 Å². The fraction of sp³-hybridized carbons (Fsp3) is 0.350. The third-order valence-corrected chi connectivity index (χ3v) is 3.93. The Morgan fingerprint density at radius 3 is 1.83 bits per heavy atom. The van der Waals surface area contributed by atoms with Crippen LogP contribution in [0.2, 0.25) is 0 Å². The van der Waals surface area contributed by atoms with E-state index in [9.17, 15) is 4.79 Å². The van der Waals surface area contributed by atoms with Gasteiger partial charge in [-0.1, -0.05) is 73.5 Å². The van der Waals surface area contributed by atoms with Gasteiger partial charge in [0.15, 0.2) is 0 Å². The van der Waals surface area contributed by atoms with Crippen molar-refractivity contribution in [3.05, 3.63) is 71.8 Å². The lowest BCUT2D eigenvalue weighted by atomic mass is 9.98. The van der Waals surface area contributed by atoms with Crippen molar-refractivity contribution in [1.82, 2.24) is 5.32 Å². The number of unbranched alkanes of at least 4 members (excludes halogenated alkanes) is 3. The monoisotopic (exact) mass is 346 g/mol. The first-order valence-corrected chi connectivity index (χ1v) is 8.40. The lowest BCUT2D eigenvalue weighted by Gasteiger charge is -2.20. The first-order valence-electron chi connectivity index (χ1n) is 8.40. The van der Waals surface area contributed by atoms with Crippen LogP contribution >= 0.6 is 12.4 Å². The predicted molar refractivity (Wildman–Crippen MR) is 102 cm³/mol. The van der Waals surface area contributed by atoms with E-state index in [1.165, 1.54) is 0 Å². The van der Waals surface area contributed by atoms with Crippen molar-refractivity contribution >= 4 is 18.3 Å². The maximum absolute atomic E-state index is 12.3. The SMILES string of the molecule is Cl.NCCCCCCC(=O)NC(c1ccccc1)c1ccccc1. The first-order chi connectivity index (χ1) is 11.3. The summed E-state index contributed by atoms with van der Waals surface area (Å²) in [6.45, 7) is 0.732. The second kappa shape index (κ2) is 11.7. The van der Waals surface area contributed by atoms with Gasteiger partial charge in [0, 0.05) is 6.42 Å². The zero-order valence-electron chi connectivity index (χ0n) is 14.0. The zero-order chi connectivity index (χ0) is 16.3. The minimum atomic E-state index is -0.0889. The van der Waals surface area contributed by atoms with Crippen LogP contribution in [0.4, 0.5) is 0 Å². The molecule has 0 aromatic heterocycles. The van der Waals surface area contributed by atoms with Gasteiger partial charge in [0.25, 0.3) is 0 Å². The minimum Gasteiger partial charge on any atom is -0.345 e. The van der Waals surface area contributed by atoms with Crippen molar-refractivity contribution in [2.24, 2.45) is 5.73 Å². The average molecular weight is 347 g/mol. The molecule has 0 aliphatic rings. The van der Waals surface area contributed by atoms with Gasteiger partial charge in [-0.3, -0.25) is 4.79 Å². The molecule has 0 fully saturated rings.